The van der Waals surface area contributed by atoms with Crippen LogP contribution in [-0.2, 0) is 4.74 Å². The summed E-state index contributed by atoms with van der Waals surface area (Å²) in [5, 5.41) is 11.3. The molecule has 0 bridgehead atoms. The molecule has 0 amide bonds. The summed E-state index contributed by atoms with van der Waals surface area (Å²) in [5.74, 6) is 0.400. The molecule has 1 aliphatic rings. The Morgan fingerprint density at radius 2 is 2.14 bits per heavy atom. The van der Waals surface area contributed by atoms with E-state index in [-0.39, 0.29) is 5.82 Å². The number of halogens is 1. The highest BCUT2D eigenvalue weighted by Crippen LogP contribution is 2.10. The number of benzene rings is 1. The maximum absolute atomic E-state index is 13.2. The molecule has 1 aromatic carbocycles. The van der Waals surface area contributed by atoms with Crippen LogP contribution in [0.1, 0.15) is 0 Å². The number of nitrogens with one attached hydrogen (secondary N) is 1. The topological polar surface area (TPSA) is 55.2 Å². The van der Waals surface area contributed by atoms with Crippen molar-refractivity contribution in [3.05, 3.63) is 36.3 Å². The third-order valence-electron chi connectivity index (χ3n) is 3.40. The van der Waals surface area contributed by atoms with E-state index in [1.807, 2.05) is 0 Å². The molecule has 0 atom stereocenters. The molecular weight excluding hydrogens is 273 g/mol. The number of anilines is 1. The van der Waals surface area contributed by atoms with Gasteiger partial charge in [0.2, 0.25) is 0 Å². The zero-order valence-electron chi connectivity index (χ0n) is 11.7. The third-order valence-corrected chi connectivity index (χ3v) is 3.40. The molecule has 1 saturated heterocycles. The zero-order valence-corrected chi connectivity index (χ0v) is 11.7. The van der Waals surface area contributed by atoms with Crippen molar-refractivity contribution in [3.63, 3.8) is 0 Å². The summed E-state index contributed by atoms with van der Waals surface area (Å²) >= 11 is 0. The predicted molar refractivity (Wildman–Crippen MR) is 77.1 cm³/mol. The van der Waals surface area contributed by atoms with Crippen molar-refractivity contribution in [3.8, 4) is 5.69 Å². The average molecular weight is 291 g/mol. The Morgan fingerprint density at radius 1 is 1.29 bits per heavy atom. The Labute approximate surface area is 122 Å². The van der Waals surface area contributed by atoms with E-state index in [1.165, 1.54) is 12.1 Å². The van der Waals surface area contributed by atoms with Gasteiger partial charge in [0.05, 0.1) is 25.1 Å². The summed E-state index contributed by atoms with van der Waals surface area (Å²) in [5.41, 5.74) is 0.656. The fourth-order valence-corrected chi connectivity index (χ4v) is 2.26. The van der Waals surface area contributed by atoms with E-state index in [9.17, 15) is 4.39 Å². The van der Waals surface area contributed by atoms with Gasteiger partial charge in [-0.05, 0) is 18.2 Å². The van der Waals surface area contributed by atoms with Gasteiger partial charge in [-0.15, -0.1) is 5.10 Å². The number of morpholine rings is 1. The Balaban J connectivity index is 1.53. The number of ether oxygens (including phenoxy) is 1. The molecule has 2 heterocycles. The van der Waals surface area contributed by atoms with Crippen LogP contribution in [0.2, 0.25) is 0 Å². The molecule has 21 heavy (non-hydrogen) atoms. The van der Waals surface area contributed by atoms with E-state index in [4.69, 9.17) is 4.74 Å². The monoisotopic (exact) mass is 291 g/mol. The van der Waals surface area contributed by atoms with Gasteiger partial charge >= 0.3 is 0 Å². The third kappa shape index (κ3) is 3.77. The van der Waals surface area contributed by atoms with Gasteiger partial charge in [-0.1, -0.05) is 11.3 Å². The quantitative estimate of drug-likeness (QED) is 0.895. The van der Waals surface area contributed by atoms with Crippen LogP contribution in [0.25, 0.3) is 5.69 Å². The fourth-order valence-electron chi connectivity index (χ4n) is 2.26. The number of hydrogen-bond donors (Lipinski definition) is 1. The summed E-state index contributed by atoms with van der Waals surface area (Å²) in [6.45, 7) is 5.28. The van der Waals surface area contributed by atoms with Crippen molar-refractivity contribution in [1.82, 2.24) is 19.9 Å². The molecule has 0 radical (unpaired) electrons. The standard InChI is InChI=1S/C14H18FN5O/c15-12-2-1-3-13(10-12)20-11-14(17-18-20)16-4-5-19-6-8-21-9-7-19/h1-3,10-11,16H,4-9H2. The minimum Gasteiger partial charge on any atom is -0.379 e. The largest absolute Gasteiger partial charge is 0.379 e. The number of rotatable bonds is 5. The van der Waals surface area contributed by atoms with Gasteiger partial charge in [-0.2, -0.15) is 0 Å². The molecule has 0 unspecified atom stereocenters. The van der Waals surface area contributed by atoms with Gasteiger partial charge in [0, 0.05) is 26.2 Å². The Kier molecular flexibility index (Phi) is 4.42. The first-order chi connectivity index (χ1) is 10.3. The van der Waals surface area contributed by atoms with Crippen LogP contribution in [0.3, 0.4) is 0 Å². The van der Waals surface area contributed by atoms with Crippen LogP contribution in [0.15, 0.2) is 30.5 Å². The first-order valence-corrected chi connectivity index (χ1v) is 7.03. The summed E-state index contributed by atoms with van der Waals surface area (Å²) in [6, 6.07) is 6.27. The molecule has 1 N–H and O–H groups in total. The van der Waals surface area contributed by atoms with E-state index in [0.717, 1.165) is 39.4 Å². The first kappa shape index (κ1) is 14.0. The average Bonchev–Trinajstić information content (AvgIpc) is 2.97. The molecule has 1 aliphatic heterocycles. The summed E-state index contributed by atoms with van der Waals surface area (Å²) in [6.07, 6.45) is 1.76. The van der Waals surface area contributed by atoms with Crippen LogP contribution >= 0.6 is 0 Å². The summed E-state index contributed by atoms with van der Waals surface area (Å²) in [4.78, 5) is 2.34. The van der Waals surface area contributed by atoms with Gasteiger partial charge in [-0.3, -0.25) is 4.90 Å². The SMILES string of the molecule is Fc1cccc(-n2cc(NCCN3CCOCC3)nn2)c1. The van der Waals surface area contributed by atoms with Gasteiger partial charge in [-0.25, -0.2) is 9.07 Å². The second kappa shape index (κ2) is 6.64. The van der Waals surface area contributed by atoms with Crippen molar-refractivity contribution in [2.45, 2.75) is 0 Å². The molecule has 2 aromatic rings. The van der Waals surface area contributed by atoms with E-state index in [1.54, 1.807) is 23.0 Å². The van der Waals surface area contributed by atoms with Gasteiger partial charge < -0.3 is 10.1 Å². The Morgan fingerprint density at radius 3 is 2.95 bits per heavy atom. The van der Waals surface area contributed by atoms with Gasteiger partial charge in [0.25, 0.3) is 0 Å². The number of nitrogens with zero attached hydrogens (tertiary/aromatic N) is 4. The summed E-state index contributed by atoms with van der Waals surface area (Å²) < 4.78 is 20.0. The highest BCUT2D eigenvalue weighted by molar-refractivity contribution is 5.36. The minimum absolute atomic E-state index is 0.287. The minimum atomic E-state index is -0.287. The second-order valence-corrected chi connectivity index (χ2v) is 4.91. The Bertz CT molecular complexity index is 582. The fraction of sp³-hybridized carbons (Fsp3) is 0.429. The van der Waals surface area contributed by atoms with E-state index in [0.29, 0.717) is 11.5 Å². The van der Waals surface area contributed by atoms with Crippen LogP contribution in [0.4, 0.5) is 10.2 Å². The lowest BCUT2D eigenvalue weighted by Gasteiger charge is -2.26. The van der Waals surface area contributed by atoms with Crippen LogP contribution in [0, 0.1) is 5.82 Å². The molecular formula is C14H18FN5O. The first-order valence-electron chi connectivity index (χ1n) is 7.03. The molecule has 6 nitrogen and oxygen atoms in total. The molecule has 7 heteroatoms. The van der Waals surface area contributed by atoms with E-state index < -0.39 is 0 Å². The van der Waals surface area contributed by atoms with E-state index in [2.05, 4.69) is 20.5 Å². The second-order valence-electron chi connectivity index (χ2n) is 4.91. The summed E-state index contributed by atoms with van der Waals surface area (Å²) in [7, 11) is 0. The lowest BCUT2D eigenvalue weighted by Crippen LogP contribution is -2.39. The lowest BCUT2D eigenvalue weighted by atomic mass is 10.3. The highest BCUT2D eigenvalue weighted by atomic mass is 19.1. The smallest absolute Gasteiger partial charge is 0.169 e. The molecule has 0 spiro atoms. The van der Waals surface area contributed by atoms with Crippen molar-refractivity contribution in [2.24, 2.45) is 0 Å². The molecule has 0 saturated carbocycles. The molecule has 1 fully saturated rings. The number of hydrogen-bond acceptors (Lipinski definition) is 5. The molecule has 1 aromatic heterocycles. The predicted octanol–water partition coefficient (Wildman–Crippen LogP) is 1.15. The van der Waals surface area contributed by atoms with Crippen molar-refractivity contribution in [2.75, 3.05) is 44.7 Å². The van der Waals surface area contributed by atoms with Crippen molar-refractivity contribution < 1.29 is 9.13 Å². The van der Waals surface area contributed by atoms with E-state index >= 15 is 0 Å². The van der Waals surface area contributed by atoms with Crippen LogP contribution in [0.5, 0.6) is 0 Å². The van der Waals surface area contributed by atoms with Crippen molar-refractivity contribution >= 4 is 5.82 Å². The van der Waals surface area contributed by atoms with Crippen molar-refractivity contribution in [1.29, 1.82) is 0 Å². The highest BCUT2D eigenvalue weighted by Gasteiger charge is 2.09. The maximum atomic E-state index is 13.2. The van der Waals surface area contributed by atoms with Gasteiger partial charge in [0.1, 0.15) is 5.82 Å². The Hall–Kier alpha value is -1.99. The van der Waals surface area contributed by atoms with Crippen LogP contribution < -0.4 is 5.32 Å². The molecule has 112 valence electrons. The zero-order chi connectivity index (χ0) is 14.5. The maximum Gasteiger partial charge on any atom is 0.169 e. The van der Waals surface area contributed by atoms with Crippen LogP contribution in [-0.4, -0.2) is 59.3 Å². The number of aromatic nitrogens is 3. The van der Waals surface area contributed by atoms with Gasteiger partial charge in [0.15, 0.2) is 5.82 Å². The molecule has 3 rings (SSSR count). The normalized spacial score (nSPS) is 16.0. The lowest BCUT2D eigenvalue weighted by molar-refractivity contribution is 0.0398. The molecule has 0 aliphatic carbocycles.